The number of carbonyl (C=O) groups excluding carboxylic acids is 1. The van der Waals surface area contributed by atoms with E-state index < -0.39 is 0 Å². The lowest BCUT2D eigenvalue weighted by Gasteiger charge is -2.43. The van der Waals surface area contributed by atoms with Crippen molar-refractivity contribution >= 4 is 11.6 Å². The zero-order valence-electron chi connectivity index (χ0n) is 16.5. The van der Waals surface area contributed by atoms with E-state index in [0.717, 1.165) is 44.6 Å². The van der Waals surface area contributed by atoms with Crippen molar-refractivity contribution in [1.29, 1.82) is 0 Å². The average Bonchev–Trinajstić information content (AvgIpc) is 2.77. The second kappa shape index (κ2) is 8.23. The quantitative estimate of drug-likeness (QED) is 0.860. The number of benzene rings is 2. The number of rotatable bonds is 3. The molecular weight excluding hydrogens is 350 g/mol. The monoisotopic (exact) mass is 379 g/mol. The molecule has 148 valence electrons. The maximum atomic E-state index is 12.5. The second-order valence-electron chi connectivity index (χ2n) is 7.93. The lowest BCUT2D eigenvalue weighted by molar-refractivity contribution is -0.122. The van der Waals surface area contributed by atoms with E-state index in [1.165, 1.54) is 16.8 Å². The van der Waals surface area contributed by atoms with Gasteiger partial charge >= 0.3 is 0 Å². The molecule has 28 heavy (non-hydrogen) atoms. The van der Waals surface area contributed by atoms with Gasteiger partial charge in [0.05, 0.1) is 7.11 Å². The number of hydrogen-bond acceptors (Lipinski definition) is 4. The van der Waals surface area contributed by atoms with Gasteiger partial charge in [-0.1, -0.05) is 36.4 Å². The van der Waals surface area contributed by atoms with Crippen LogP contribution in [-0.2, 0) is 17.8 Å². The third-order valence-corrected chi connectivity index (χ3v) is 6.03. The number of ether oxygens (including phenoxy) is 1. The summed E-state index contributed by atoms with van der Waals surface area (Å²) >= 11 is 0. The van der Waals surface area contributed by atoms with Gasteiger partial charge in [-0.15, -0.1) is 0 Å². The molecule has 2 aromatic rings. The molecule has 2 aliphatic heterocycles. The molecule has 0 radical (unpaired) electrons. The summed E-state index contributed by atoms with van der Waals surface area (Å²) in [7, 11) is 1.72. The summed E-state index contributed by atoms with van der Waals surface area (Å²) in [4.78, 5) is 14.9. The fourth-order valence-corrected chi connectivity index (χ4v) is 4.41. The Bertz CT molecular complexity index is 828. The molecule has 5 nitrogen and oxygen atoms in total. The molecule has 0 atom stereocenters. The molecule has 4 rings (SSSR count). The molecule has 1 spiro atoms. The maximum Gasteiger partial charge on any atom is 0.222 e. The highest BCUT2D eigenvalue weighted by Gasteiger charge is 2.37. The van der Waals surface area contributed by atoms with Crippen LogP contribution in [-0.4, -0.2) is 43.1 Å². The number of nitrogens with zero attached hydrogens (tertiary/aromatic N) is 1. The molecule has 1 saturated heterocycles. The molecule has 5 heteroatoms. The molecule has 0 bridgehead atoms. The van der Waals surface area contributed by atoms with Crippen LogP contribution in [0.4, 0.5) is 5.69 Å². The molecule has 1 amide bonds. The molecular formula is C23H29N3O2. The number of carbonyl (C=O) groups is 1. The van der Waals surface area contributed by atoms with Crippen molar-refractivity contribution in [2.24, 2.45) is 0 Å². The third-order valence-electron chi connectivity index (χ3n) is 6.03. The number of fused-ring (bicyclic) bond motifs is 1. The van der Waals surface area contributed by atoms with Gasteiger partial charge in [0.2, 0.25) is 5.91 Å². The van der Waals surface area contributed by atoms with E-state index >= 15 is 0 Å². The predicted octanol–water partition coefficient (Wildman–Crippen LogP) is 3.20. The molecule has 1 fully saturated rings. The maximum absolute atomic E-state index is 12.5. The van der Waals surface area contributed by atoms with E-state index in [2.05, 4.69) is 51.9 Å². The van der Waals surface area contributed by atoms with Crippen molar-refractivity contribution in [3.05, 3.63) is 59.7 Å². The van der Waals surface area contributed by atoms with Crippen molar-refractivity contribution < 1.29 is 9.53 Å². The van der Waals surface area contributed by atoms with E-state index in [0.29, 0.717) is 13.0 Å². The second-order valence-corrected chi connectivity index (χ2v) is 7.93. The highest BCUT2D eigenvalue weighted by Crippen LogP contribution is 2.33. The zero-order chi connectivity index (χ0) is 19.4. The highest BCUT2D eigenvalue weighted by atomic mass is 16.5. The van der Waals surface area contributed by atoms with E-state index in [4.69, 9.17) is 4.74 Å². The van der Waals surface area contributed by atoms with Crippen LogP contribution in [0.1, 0.15) is 30.4 Å². The zero-order valence-corrected chi connectivity index (χ0v) is 16.5. The van der Waals surface area contributed by atoms with Crippen molar-refractivity contribution in [3.8, 4) is 5.75 Å². The summed E-state index contributed by atoms with van der Waals surface area (Å²) in [6.45, 7) is 3.50. The first kappa shape index (κ1) is 18.8. The van der Waals surface area contributed by atoms with E-state index in [9.17, 15) is 4.79 Å². The summed E-state index contributed by atoms with van der Waals surface area (Å²) in [5.41, 5.74) is 3.49. The van der Waals surface area contributed by atoms with Crippen LogP contribution >= 0.6 is 0 Å². The lowest BCUT2D eigenvalue weighted by Crippen LogP contribution is -2.51. The highest BCUT2D eigenvalue weighted by molar-refractivity contribution is 5.78. The Morgan fingerprint density at radius 2 is 1.82 bits per heavy atom. The first-order chi connectivity index (χ1) is 13.7. The van der Waals surface area contributed by atoms with Gasteiger partial charge in [-0.05, 0) is 37.0 Å². The summed E-state index contributed by atoms with van der Waals surface area (Å²) in [5, 5.41) is 6.87. The van der Waals surface area contributed by atoms with Gasteiger partial charge in [0.25, 0.3) is 0 Å². The van der Waals surface area contributed by atoms with Crippen molar-refractivity contribution in [2.45, 2.75) is 37.8 Å². The normalized spacial score (nSPS) is 19.5. The standard InChI is InChI=1S/C23H29N3O2/c1-28-21-9-5-3-7-19(21)17-26-14-11-23(12-15-26)16-22(27)24-13-10-18-6-2-4-8-20(18)25-23/h2-9,25H,10-17H2,1H3,(H,24,27). The van der Waals surface area contributed by atoms with Crippen molar-refractivity contribution in [2.75, 3.05) is 32.1 Å². The number of nitrogens with one attached hydrogen (secondary N) is 2. The first-order valence-corrected chi connectivity index (χ1v) is 10.1. The Kier molecular flexibility index (Phi) is 5.53. The van der Waals surface area contributed by atoms with Crippen LogP contribution in [0, 0.1) is 0 Å². The molecule has 2 N–H and O–H groups in total. The van der Waals surface area contributed by atoms with Gasteiger partial charge in [-0.3, -0.25) is 9.69 Å². The van der Waals surface area contributed by atoms with Crippen molar-refractivity contribution in [1.82, 2.24) is 10.2 Å². The summed E-state index contributed by atoms with van der Waals surface area (Å²) in [6.07, 6.45) is 3.29. The van der Waals surface area contributed by atoms with Gasteiger partial charge in [-0.25, -0.2) is 0 Å². The van der Waals surface area contributed by atoms with Crippen LogP contribution in [0.3, 0.4) is 0 Å². The van der Waals surface area contributed by atoms with Crippen molar-refractivity contribution in [3.63, 3.8) is 0 Å². The first-order valence-electron chi connectivity index (χ1n) is 10.1. The molecule has 2 heterocycles. The molecule has 0 unspecified atom stereocenters. The topological polar surface area (TPSA) is 53.6 Å². The molecule has 0 aromatic heterocycles. The smallest absolute Gasteiger partial charge is 0.222 e. The van der Waals surface area contributed by atoms with Gasteiger partial charge < -0.3 is 15.4 Å². The van der Waals surface area contributed by atoms with Crippen LogP contribution in [0.25, 0.3) is 0 Å². The lowest BCUT2D eigenvalue weighted by atomic mass is 9.83. The Hall–Kier alpha value is -2.53. The minimum Gasteiger partial charge on any atom is -0.496 e. The average molecular weight is 380 g/mol. The van der Waals surface area contributed by atoms with Gasteiger partial charge in [0.15, 0.2) is 0 Å². The number of piperidine rings is 1. The summed E-state index contributed by atoms with van der Waals surface area (Å²) in [5.74, 6) is 1.09. The molecule has 0 saturated carbocycles. The van der Waals surface area contributed by atoms with Crippen LogP contribution in [0.15, 0.2) is 48.5 Å². The minimum atomic E-state index is -0.179. The molecule has 2 aliphatic rings. The van der Waals surface area contributed by atoms with E-state index in [-0.39, 0.29) is 11.4 Å². The third kappa shape index (κ3) is 4.14. The Morgan fingerprint density at radius 1 is 1.07 bits per heavy atom. The van der Waals surface area contributed by atoms with Crippen LogP contribution < -0.4 is 15.4 Å². The van der Waals surface area contributed by atoms with Gasteiger partial charge in [-0.2, -0.15) is 0 Å². The predicted molar refractivity (Wildman–Crippen MR) is 112 cm³/mol. The van der Waals surface area contributed by atoms with E-state index in [1.54, 1.807) is 7.11 Å². The Labute approximate surface area is 167 Å². The van der Waals surface area contributed by atoms with Crippen LogP contribution in [0.2, 0.25) is 0 Å². The number of methoxy groups -OCH3 is 1. The van der Waals surface area contributed by atoms with Crippen LogP contribution in [0.5, 0.6) is 5.75 Å². The molecule has 0 aliphatic carbocycles. The van der Waals surface area contributed by atoms with Gasteiger partial charge in [0, 0.05) is 49.4 Å². The Balaban J connectivity index is 1.49. The number of amides is 1. The molecule has 2 aromatic carbocycles. The fraction of sp³-hybridized carbons (Fsp3) is 0.435. The van der Waals surface area contributed by atoms with Gasteiger partial charge in [0.1, 0.15) is 5.75 Å². The summed E-state index contributed by atoms with van der Waals surface area (Å²) in [6, 6.07) is 16.7. The largest absolute Gasteiger partial charge is 0.496 e. The minimum absolute atomic E-state index is 0.151. The van der Waals surface area contributed by atoms with E-state index in [1.807, 2.05) is 12.1 Å². The number of anilines is 1. The number of para-hydroxylation sites is 2. The number of hydrogen-bond donors (Lipinski definition) is 2. The summed E-state index contributed by atoms with van der Waals surface area (Å²) < 4.78 is 5.50. The SMILES string of the molecule is COc1ccccc1CN1CCC2(CC1)CC(=O)NCCc1ccccc1N2. The number of likely N-dealkylation sites (tertiary alicyclic amines) is 1. The fourth-order valence-electron chi connectivity index (χ4n) is 4.41. The Morgan fingerprint density at radius 3 is 2.64 bits per heavy atom.